The van der Waals surface area contributed by atoms with Crippen LogP contribution in [0.25, 0.3) is 11.1 Å². The molecule has 4 heterocycles. The van der Waals surface area contributed by atoms with Crippen LogP contribution in [0.2, 0.25) is 0 Å². The van der Waals surface area contributed by atoms with Gasteiger partial charge in [-0.3, -0.25) is 4.79 Å². The predicted molar refractivity (Wildman–Crippen MR) is 95.4 cm³/mol. The number of para-hydroxylation sites is 1. The highest BCUT2D eigenvalue weighted by molar-refractivity contribution is 5.93. The van der Waals surface area contributed by atoms with Gasteiger partial charge in [0.25, 0.3) is 12.3 Å². The first-order valence-electron chi connectivity index (χ1n) is 8.95. The van der Waals surface area contributed by atoms with Crippen LogP contribution in [0, 0.1) is 6.92 Å². The summed E-state index contributed by atoms with van der Waals surface area (Å²) in [4.78, 5) is 30.0. The molecular formula is C19H15F2N5O3. The van der Waals surface area contributed by atoms with Crippen LogP contribution < -0.4 is 0 Å². The van der Waals surface area contributed by atoms with E-state index < -0.39 is 29.8 Å². The molecule has 0 saturated carbocycles. The van der Waals surface area contributed by atoms with E-state index in [-0.39, 0.29) is 12.4 Å². The van der Waals surface area contributed by atoms with Crippen molar-refractivity contribution in [2.24, 2.45) is 0 Å². The number of aryl methyl sites for hydroxylation is 1. The molecule has 1 atom stereocenters. The number of aromatic nitrogens is 4. The lowest BCUT2D eigenvalue weighted by molar-refractivity contribution is 0.0620. The SMILES string of the molecule is Cc1cccc2oc([C@@H]3c4nc[nH]c4CCN3C(=O)c3ocnc3C(F)F)nc12. The van der Waals surface area contributed by atoms with Crippen LogP contribution in [0.5, 0.6) is 0 Å². The average molecular weight is 399 g/mol. The summed E-state index contributed by atoms with van der Waals surface area (Å²) in [5.74, 6) is -0.944. The van der Waals surface area contributed by atoms with Crippen LogP contribution in [0.15, 0.2) is 39.8 Å². The van der Waals surface area contributed by atoms with Gasteiger partial charge in [-0.15, -0.1) is 0 Å². The number of carbonyl (C=O) groups is 1. The number of rotatable bonds is 3. The molecule has 1 aliphatic heterocycles. The largest absolute Gasteiger partial charge is 0.438 e. The number of carbonyl (C=O) groups excluding carboxylic acids is 1. The lowest BCUT2D eigenvalue weighted by Gasteiger charge is -2.32. The van der Waals surface area contributed by atoms with Crippen LogP contribution in [-0.4, -0.2) is 37.3 Å². The van der Waals surface area contributed by atoms with Gasteiger partial charge in [-0.2, -0.15) is 0 Å². The van der Waals surface area contributed by atoms with Gasteiger partial charge < -0.3 is 18.7 Å². The second-order valence-electron chi connectivity index (χ2n) is 6.76. The highest BCUT2D eigenvalue weighted by Crippen LogP contribution is 2.36. The first kappa shape index (κ1) is 17.5. The van der Waals surface area contributed by atoms with E-state index in [1.165, 1.54) is 11.2 Å². The smallest absolute Gasteiger partial charge is 0.292 e. The summed E-state index contributed by atoms with van der Waals surface area (Å²) in [6, 6.07) is 4.76. The number of oxazole rings is 2. The Kier molecular flexibility index (Phi) is 3.93. The molecule has 0 saturated heterocycles. The zero-order valence-corrected chi connectivity index (χ0v) is 15.2. The highest BCUT2D eigenvalue weighted by atomic mass is 19.3. The number of amides is 1. The van der Waals surface area contributed by atoms with Gasteiger partial charge in [-0.1, -0.05) is 12.1 Å². The number of imidazole rings is 1. The molecule has 5 rings (SSSR count). The van der Waals surface area contributed by atoms with Crippen molar-refractivity contribution < 1.29 is 22.4 Å². The van der Waals surface area contributed by atoms with Crippen molar-refractivity contribution in [3.05, 3.63) is 65.2 Å². The highest BCUT2D eigenvalue weighted by Gasteiger charge is 2.40. The fourth-order valence-corrected chi connectivity index (χ4v) is 3.67. The van der Waals surface area contributed by atoms with Crippen LogP contribution in [0.4, 0.5) is 8.78 Å². The molecule has 4 aromatic rings. The van der Waals surface area contributed by atoms with E-state index in [1.807, 2.05) is 19.1 Å². The second kappa shape index (κ2) is 6.50. The molecule has 1 aromatic carbocycles. The third kappa shape index (κ3) is 2.71. The molecule has 1 N–H and O–H groups in total. The van der Waals surface area contributed by atoms with E-state index in [2.05, 4.69) is 19.9 Å². The van der Waals surface area contributed by atoms with Gasteiger partial charge >= 0.3 is 0 Å². The van der Waals surface area contributed by atoms with Crippen molar-refractivity contribution in [2.45, 2.75) is 25.8 Å². The van der Waals surface area contributed by atoms with Crippen LogP contribution in [-0.2, 0) is 6.42 Å². The van der Waals surface area contributed by atoms with Gasteiger partial charge in [0.2, 0.25) is 11.7 Å². The molecule has 29 heavy (non-hydrogen) atoms. The zero-order chi connectivity index (χ0) is 20.1. The van der Waals surface area contributed by atoms with E-state index in [9.17, 15) is 13.6 Å². The Hall–Kier alpha value is -3.56. The van der Waals surface area contributed by atoms with Crippen LogP contribution >= 0.6 is 0 Å². The summed E-state index contributed by atoms with van der Waals surface area (Å²) >= 11 is 0. The first-order chi connectivity index (χ1) is 14.0. The summed E-state index contributed by atoms with van der Waals surface area (Å²) in [5, 5.41) is 0. The Morgan fingerprint density at radius 1 is 1.34 bits per heavy atom. The summed E-state index contributed by atoms with van der Waals surface area (Å²) < 4.78 is 37.4. The molecule has 0 spiro atoms. The van der Waals surface area contributed by atoms with Gasteiger partial charge in [-0.25, -0.2) is 23.7 Å². The number of halogens is 2. The van der Waals surface area contributed by atoms with E-state index in [0.29, 0.717) is 23.2 Å². The molecule has 3 aromatic heterocycles. The summed E-state index contributed by atoms with van der Waals surface area (Å²) in [5.41, 5.74) is 2.88. The standard InChI is InChI=1S/C19H15F2N5O3/c1-9-3-2-4-11-12(9)25-18(29-11)15-13-10(22-7-23-13)5-6-26(15)19(27)16-14(17(20)21)24-8-28-16/h2-4,7-8,15,17H,5-6H2,1H3,(H,22,23)/t15-/m0/s1. The normalized spacial score (nSPS) is 16.6. The Morgan fingerprint density at radius 3 is 3.00 bits per heavy atom. The maximum atomic E-state index is 13.2. The van der Waals surface area contributed by atoms with Gasteiger partial charge in [0.1, 0.15) is 5.52 Å². The number of H-pyrrole nitrogens is 1. The number of aromatic amines is 1. The molecule has 10 heteroatoms. The minimum Gasteiger partial charge on any atom is -0.438 e. The molecule has 0 aliphatic carbocycles. The number of alkyl halides is 2. The quantitative estimate of drug-likeness (QED) is 0.565. The van der Waals surface area contributed by atoms with Crippen molar-refractivity contribution in [2.75, 3.05) is 6.54 Å². The number of hydrogen-bond acceptors (Lipinski definition) is 6. The number of nitrogens with one attached hydrogen (secondary N) is 1. The Balaban J connectivity index is 1.63. The predicted octanol–water partition coefficient (Wildman–Crippen LogP) is 3.57. The van der Waals surface area contributed by atoms with Gasteiger partial charge in [0.05, 0.1) is 12.0 Å². The first-order valence-corrected chi connectivity index (χ1v) is 8.95. The zero-order valence-electron chi connectivity index (χ0n) is 15.2. The van der Waals surface area contributed by atoms with Crippen LogP contribution in [0.1, 0.15) is 51.6 Å². The Morgan fingerprint density at radius 2 is 2.21 bits per heavy atom. The molecule has 0 radical (unpaired) electrons. The third-order valence-corrected chi connectivity index (χ3v) is 5.05. The molecule has 1 amide bonds. The summed E-state index contributed by atoms with van der Waals surface area (Å²) in [6.45, 7) is 2.15. The fraction of sp³-hybridized carbons (Fsp3) is 0.263. The number of fused-ring (bicyclic) bond motifs is 2. The minimum atomic E-state index is -2.93. The van der Waals surface area contributed by atoms with E-state index in [1.54, 1.807) is 6.07 Å². The van der Waals surface area contributed by atoms with Crippen molar-refractivity contribution >= 4 is 17.0 Å². The van der Waals surface area contributed by atoms with Gasteiger partial charge in [-0.05, 0) is 18.6 Å². The molecule has 0 fully saturated rings. The molecule has 148 valence electrons. The van der Waals surface area contributed by atoms with E-state index in [4.69, 9.17) is 8.83 Å². The van der Waals surface area contributed by atoms with Gasteiger partial charge in [0.15, 0.2) is 23.7 Å². The summed E-state index contributed by atoms with van der Waals surface area (Å²) in [6.07, 6.45) is -0.0758. The molecular weight excluding hydrogens is 384 g/mol. The van der Waals surface area contributed by atoms with Crippen LogP contribution in [0.3, 0.4) is 0 Å². The van der Waals surface area contributed by atoms with Crippen molar-refractivity contribution in [3.8, 4) is 0 Å². The topological polar surface area (TPSA) is 101 Å². The van der Waals surface area contributed by atoms with Crippen molar-refractivity contribution in [1.82, 2.24) is 24.8 Å². The maximum Gasteiger partial charge on any atom is 0.292 e. The average Bonchev–Trinajstić information content (AvgIpc) is 3.44. The fourth-order valence-electron chi connectivity index (χ4n) is 3.67. The lowest BCUT2D eigenvalue weighted by Crippen LogP contribution is -2.41. The number of hydrogen-bond donors (Lipinski definition) is 1. The molecule has 8 nitrogen and oxygen atoms in total. The molecule has 1 aliphatic rings. The third-order valence-electron chi connectivity index (χ3n) is 5.05. The Bertz CT molecular complexity index is 1210. The second-order valence-corrected chi connectivity index (χ2v) is 6.76. The van der Waals surface area contributed by atoms with E-state index in [0.717, 1.165) is 17.7 Å². The number of benzene rings is 1. The minimum absolute atomic E-state index is 0.250. The molecule has 0 bridgehead atoms. The van der Waals surface area contributed by atoms with Gasteiger partial charge in [0, 0.05) is 18.7 Å². The van der Waals surface area contributed by atoms with Crippen molar-refractivity contribution in [1.29, 1.82) is 0 Å². The Labute approximate surface area is 162 Å². The monoisotopic (exact) mass is 399 g/mol. The maximum absolute atomic E-state index is 13.2. The molecule has 0 unspecified atom stereocenters. The number of nitrogens with zero attached hydrogens (tertiary/aromatic N) is 4. The summed E-state index contributed by atoms with van der Waals surface area (Å²) in [7, 11) is 0. The van der Waals surface area contributed by atoms with Crippen molar-refractivity contribution in [3.63, 3.8) is 0 Å². The lowest BCUT2D eigenvalue weighted by atomic mass is 10.0. The van der Waals surface area contributed by atoms with E-state index >= 15 is 0 Å².